The number of aliphatic hydroxyl groups is 1. The smallest absolute Gasteiger partial charge is 0.0832 e. The Morgan fingerprint density at radius 2 is 2.10 bits per heavy atom. The molecule has 0 aromatic carbocycles. The van der Waals surface area contributed by atoms with E-state index in [0.717, 1.165) is 19.3 Å². The second-order valence-corrected chi connectivity index (χ2v) is 3.26. The lowest BCUT2D eigenvalue weighted by molar-refractivity contribution is -0.0481. The Morgan fingerprint density at radius 1 is 1.40 bits per heavy atom. The Hall–Kier alpha value is -0.0800. The van der Waals surface area contributed by atoms with Crippen LogP contribution in [0.1, 0.15) is 26.2 Å². The predicted molar refractivity (Wildman–Crippen MR) is 39.8 cm³/mol. The first-order valence-electron chi connectivity index (χ1n) is 3.95. The van der Waals surface area contributed by atoms with Crippen LogP contribution in [0, 0.1) is 5.92 Å². The summed E-state index contributed by atoms with van der Waals surface area (Å²) in [5.74, 6) is 0.716. The standard InChI is InChI=1S/C8H16O2/c1-6-3-4-7(9)8(5-6)10-2/h6-9H,3-5H2,1-2H3/t6?,7-,8?/m0/s1. The van der Waals surface area contributed by atoms with Crippen LogP contribution in [0.15, 0.2) is 0 Å². The minimum absolute atomic E-state index is 0.0868. The number of hydrogen-bond acceptors (Lipinski definition) is 2. The van der Waals surface area contributed by atoms with Gasteiger partial charge in [-0.2, -0.15) is 0 Å². The van der Waals surface area contributed by atoms with Gasteiger partial charge in [0, 0.05) is 7.11 Å². The first-order valence-corrected chi connectivity index (χ1v) is 3.95. The van der Waals surface area contributed by atoms with Gasteiger partial charge in [0.1, 0.15) is 0 Å². The molecule has 60 valence electrons. The van der Waals surface area contributed by atoms with Crippen LogP contribution >= 0.6 is 0 Å². The van der Waals surface area contributed by atoms with Crippen molar-refractivity contribution in [3.63, 3.8) is 0 Å². The fraction of sp³-hybridized carbons (Fsp3) is 1.00. The third kappa shape index (κ3) is 1.70. The molecule has 3 atom stereocenters. The van der Waals surface area contributed by atoms with E-state index >= 15 is 0 Å². The van der Waals surface area contributed by atoms with Crippen LogP contribution < -0.4 is 0 Å². The van der Waals surface area contributed by atoms with E-state index in [0.29, 0.717) is 5.92 Å². The molecule has 2 unspecified atom stereocenters. The van der Waals surface area contributed by atoms with Crippen molar-refractivity contribution in [2.75, 3.05) is 7.11 Å². The fourth-order valence-electron chi connectivity index (χ4n) is 1.57. The SMILES string of the molecule is COC1CC(C)CC[C@@H]1O. The van der Waals surface area contributed by atoms with Crippen LogP contribution in [-0.2, 0) is 4.74 Å². The van der Waals surface area contributed by atoms with Crippen molar-refractivity contribution in [2.45, 2.75) is 38.4 Å². The number of ether oxygens (including phenoxy) is 1. The maximum absolute atomic E-state index is 9.36. The average molecular weight is 144 g/mol. The van der Waals surface area contributed by atoms with Crippen LogP contribution in [-0.4, -0.2) is 24.4 Å². The lowest BCUT2D eigenvalue weighted by atomic mass is 9.87. The highest BCUT2D eigenvalue weighted by Crippen LogP contribution is 2.25. The summed E-state index contributed by atoms with van der Waals surface area (Å²) in [5.41, 5.74) is 0. The summed E-state index contributed by atoms with van der Waals surface area (Å²) >= 11 is 0. The van der Waals surface area contributed by atoms with Crippen LogP contribution in [0.5, 0.6) is 0 Å². The summed E-state index contributed by atoms with van der Waals surface area (Å²) in [6, 6.07) is 0. The van der Waals surface area contributed by atoms with Crippen molar-refractivity contribution in [2.24, 2.45) is 5.92 Å². The summed E-state index contributed by atoms with van der Waals surface area (Å²) in [6.45, 7) is 2.21. The molecule has 1 N–H and O–H groups in total. The van der Waals surface area contributed by atoms with E-state index < -0.39 is 0 Å². The monoisotopic (exact) mass is 144 g/mol. The van der Waals surface area contributed by atoms with Crippen molar-refractivity contribution in [3.8, 4) is 0 Å². The van der Waals surface area contributed by atoms with Gasteiger partial charge in [0.15, 0.2) is 0 Å². The van der Waals surface area contributed by atoms with Crippen LogP contribution in [0.4, 0.5) is 0 Å². The quantitative estimate of drug-likeness (QED) is 0.599. The second kappa shape index (κ2) is 3.35. The van der Waals surface area contributed by atoms with Gasteiger partial charge >= 0.3 is 0 Å². The molecule has 0 bridgehead atoms. The van der Waals surface area contributed by atoms with Gasteiger partial charge in [-0.1, -0.05) is 6.92 Å². The zero-order chi connectivity index (χ0) is 7.56. The first kappa shape index (κ1) is 8.02. The minimum atomic E-state index is -0.221. The highest BCUT2D eigenvalue weighted by Gasteiger charge is 2.26. The van der Waals surface area contributed by atoms with Crippen molar-refractivity contribution < 1.29 is 9.84 Å². The van der Waals surface area contributed by atoms with Crippen molar-refractivity contribution in [1.82, 2.24) is 0 Å². The van der Waals surface area contributed by atoms with E-state index in [1.54, 1.807) is 7.11 Å². The molecule has 1 aliphatic rings. The van der Waals surface area contributed by atoms with Crippen LogP contribution in [0.25, 0.3) is 0 Å². The molecule has 0 aromatic rings. The summed E-state index contributed by atoms with van der Waals surface area (Å²) in [6.07, 6.45) is 2.92. The van der Waals surface area contributed by atoms with E-state index in [-0.39, 0.29) is 12.2 Å². The van der Waals surface area contributed by atoms with E-state index in [1.165, 1.54) is 0 Å². The Kier molecular flexibility index (Phi) is 2.69. The van der Waals surface area contributed by atoms with Gasteiger partial charge in [0.05, 0.1) is 12.2 Å². The van der Waals surface area contributed by atoms with Gasteiger partial charge in [-0.25, -0.2) is 0 Å². The molecule has 0 heterocycles. The molecule has 0 aliphatic heterocycles. The number of aliphatic hydroxyl groups excluding tert-OH is 1. The topological polar surface area (TPSA) is 29.5 Å². The van der Waals surface area contributed by atoms with Gasteiger partial charge in [-0.15, -0.1) is 0 Å². The average Bonchev–Trinajstić information content (AvgIpc) is 1.94. The second-order valence-electron chi connectivity index (χ2n) is 3.26. The van der Waals surface area contributed by atoms with Crippen molar-refractivity contribution >= 4 is 0 Å². The molecule has 1 saturated carbocycles. The highest BCUT2D eigenvalue weighted by molar-refractivity contribution is 4.77. The van der Waals surface area contributed by atoms with E-state index in [2.05, 4.69) is 6.92 Å². The Balaban J connectivity index is 2.38. The lowest BCUT2D eigenvalue weighted by Gasteiger charge is -2.30. The zero-order valence-electron chi connectivity index (χ0n) is 6.71. The maximum atomic E-state index is 9.36. The first-order chi connectivity index (χ1) is 4.74. The van der Waals surface area contributed by atoms with Crippen molar-refractivity contribution in [3.05, 3.63) is 0 Å². The molecule has 0 spiro atoms. The van der Waals surface area contributed by atoms with Gasteiger partial charge in [-0.3, -0.25) is 0 Å². The highest BCUT2D eigenvalue weighted by atomic mass is 16.5. The van der Waals surface area contributed by atoms with Gasteiger partial charge in [0.2, 0.25) is 0 Å². The van der Waals surface area contributed by atoms with E-state index in [9.17, 15) is 5.11 Å². The fourth-order valence-corrected chi connectivity index (χ4v) is 1.57. The molecular formula is C8H16O2. The molecule has 0 amide bonds. The van der Waals surface area contributed by atoms with Gasteiger partial charge < -0.3 is 9.84 Å². The zero-order valence-corrected chi connectivity index (χ0v) is 6.71. The molecule has 0 radical (unpaired) electrons. The summed E-state index contributed by atoms with van der Waals surface area (Å²) < 4.78 is 5.12. The molecule has 10 heavy (non-hydrogen) atoms. The molecule has 1 rings (SSSR count). The Morgan fingerprint density at radius 3 is 2.60 bits per heavy atom. The molecule has 0 aromatic heterocycles. The third-order valence-corrected chi connectivity index (χ3v) is 2.32. The third-order valence-electron chi connectivity index (χ3n) is 2.32. The number of methoxy groups -OCH3 is 1. The molecule has 0 saturated heterocycles. The van der Waals surface area contributed by atoms with E-state index in [4.69, 9.17) is 4.74 Å². The predicted octanol–water partition coefficient (Wildman–Crippen LogP) is 1.18. The molecular weight excluding hydrogens is 128 g/mol. The van der Waals surface area contributed by atoms with Crippen LogP contribution in [0.3, 0.4) is 0 Å². The number of hydrogen-bond donors (Lipinski definition) is 1. The molecule has 1 fully saturated rings. The van der Waals surface area contributed by atoms with Crippen LogP contribution in [0.2, 0.25) is 0 Å². The van der Waals surface area contributed by atoms with Gasteiger partial charge in [-0.05, 0) is 25.2 Å². The largest absolute Gasteiger partial charge is 0.390 e. The van der Waals surface area contributed by atoms with Crippen molar-refractivity contribution in [1.29, 1.82) is 0 Å². The Labute approximate surface area is 62.2 Å². The summed E-state index contributed by atoms with van der Waals surface area (Å²) in [4.78, 5) is 0. The van der Waals surface area contributed by atoms with E-state index in [1.807, 2.05) is 0 Å². The Bertz CT molecular complexity index is 103. The normalized spacial score (nSPS) is 41.7. The molecule has 2 heteroatoms. The maximum Gasteiger partial charge on any atom is 0.0832 e. The lowest BCUT2D eigenvalue weighted by Crippen LogP contribution is -2.34. The molecule has 2 nitrogen and oxygen atoms in total. The minimum Gasteiger partial charge on any atom is -0.390 e. The summed E-state index contributed by atoms with van der Waals surface area (Å²) in [7, 11) is 1.67. The number of rotatable bonds is 1. The van der Waals surface area contributed by atoms with Gasteiger partial charge in [0.25, 0.3) is 0 Å². The summed E-state index contributed by atoms with van der Waals surface area (Å²) in [5, 5.41) is 9.36. The molecule has 1 aliphatic carbocycles.